The van der Waals surface area contributed by atoms with Gasteiger partial charge in [-0.2, -0.15) is 5.26 Å². The Labute approximate surface area is 98.5 Å². The molecular weight excluding hydrogens is 220 g/mol. The lowest BCUT2D eigenvalue weighted by Crippen LogP contribution is -2.10. The lowest BCUT2D eigenvalue weighted by Gasteiger charge is -2.11. The minimum absolute atomic E-state index is 0.172. The molecule has 0 aliphatic heterocycles. The Balaban J connectivity index is 3.40. The number of nitrogens with zero attached hydrogens (tertiary/aromatic N) is 1. The molecule has 6 heteroatoms. The van der Waals surface area contributed by atoms with E-state index in [1.165, 1.54) is 19.2 Å². The molecule has 1 aromatic rings. The van der Waals surface area contributed by atoms with Crippen molar-refractivity contribution in [3.8, 4) is 6.07 Å². The second-order valence-electron chi connectivity index (χ2n) is 3.21. The number of nitrogens with two attached hydrogens (primary N) is 1. The van der Waals surface area contributed by atoms with Gasteiger partial charge in [0, 0.05) is 24.0 Å². The molecule has 0 fully saturated rings. The van der Waals surface area contributed by atoms with Gasteiger partial charge in [-0.05, 0) is 12.1 Å². The molecule has 88 valence electrons. The first-order chi connectivity index (χ1) is 8.04. The lowest BCUT2D eigenvalue weighted by atomic mass is 10.0. The van der Waals surface area contributed by atoms with E-state index < -0.39 is 5.97 Å². The van der Waals surface area contributed by atoms with Crippen molar-refractivity contribution >= 4 is 23.1 Å². The van der Waals surface area contributed by atoms with Crippen LogP contribution in [0.2, 0.25) is 0 Å². The van der Waals surface area contributed by atoms with Crippen LogP contribution in [0, 0.1) is 16.7 Å². The van der Waals surface area contributed by atoms with Gasteiger partial charge in [0.25, 0.3) is 0 Å². The van der Waals surface area contributed by atoms with Crippen LogP contribution in [0.15, 0.2) is 12.1 Å². The average Bonchev–Trinajstić information content (AvgIpc) is 2.36. The minimum atomic E-state index is -0.561. The van der Waals surface area contributed by atoms with Gasteiger partial charge >= 0.3 is 5.97 Å². The van der Waals surface area contributed by atoms with Crippen molar-refractivity contribution in [2.45, 2.75) is 0 Å². The third kappa shape index (κ3) is 2.34. The van der Waals surface area contributed by atoms with Gasteiger partial charge in [0.15, 0.2) is 0 Å². The maximum Gasteiger partial charge on any atom is 0.340 e. The number of nitrogen functional groups attached to an aromatic ring is 1. The second kappa shape index (κ2) is 4.99. The van der Waals surface area contributed by atoms with Crippen molar-refractivity contribution in [3.05, 3.63) is 23.3 Å². The smallest absolute Gasteiger partial charge is 0.340 e. The van der Waals surface area contributed by atoms with Gasteiger partial charge in [-0.3, -0.25) is 5.41 Å². The first-order valence-corrected chi connectivity index (χ1v) is 4.73. The maximum atomic E-state index is 11.4. The number of anilines is 2. The topological polar surface area (TPSA) is 112 Å². The van der Waals surface area contributed by atoms with E-state index in [2.05, 4.69) is 10.1 Å². The quantitative estimate of drug-likeness (QED) is 0.408. The van der Waals surface area contributed by atoms with E-state index in [1.807, 2.05) is 0 Å². The molecule has 0 spiro atoms. The summed E-state index contributed by atoms with van der Waals surface area (Å²) in [6, 6.07) is 4.58. The number of hydrogen-bond acceptors (Lipinski definition) is 6. The summed E-state index contributed by atoms with van der Waals surface area (Å²) in [5.74, 6) is -0.561. The molecule has 0 heterocycles. The van der Waals surface area contributed by atoms with Crippen LogP contribution in [-0.4, -0.2) is 25.8 Å². The summed E-state index contributed by atoms with van der Waals surface area (Å²) in [4.78, 5) is 11.4. The number of benzene rings is 1. The molecule has 0 atom stereocenters. The highest BCUT2D eigenvalue weighted by molar-refractivity contribution is 6.14. The fraction of sp³-hybridized carbons (Fsp3) is 0.182. The first-order valence-electron chi connectivity index (χ1n) is 4.73. The molecule has 1 aromatic carbocycles. The highest BCUT2D eigenvalue weighted by atomic mass is 16.5. The fourth-order valence-electron chi connectivity index (χ4n) is 1.38. The van der Waals surface area contributed by atoms with Gasteiger partial charge in [-0.1, -0.05) is 0 Å². The van der Waals surface area contributed by atoms with E-state index in [1.54, 1.807) is 13.1 Å². The molecule has 4 N–H and O–H groups in total. The zero-order chi connectivity index (χ0) is 13.0. The van der Waals surface area contributed by atoms with Crippen LogP contribution in [-0.2, 0) is 4.74 Å². The Hall–Kier alpha value is -2.55. The summed E-state index contributed by atoms with van der Waals surface area (Å²) in [6.45, 7) is 0. The predicted octanol–water partition coefficient (Wildman–Crippen LogP) is 0.989. The summed E-state index contributed by atoms with van der Waals surface area (Å²) < 4.78 is 4.58. The van der Waals surface area contributed by atoms with E-state index in [4.69, 9.17) is 16.4 Å². The van der Waals surface area contributed by atoms with Crippen molar-refractivity contribution in [1.29, 1.82) is 10.7 Å². The van der Waals surface area contributed by atoms with Crippen LogP contribution in [0.3, 0.4) is 0 Å². The molecule has 6 nitrogen and oxygen atoms in total. The van der Waals surface area contributed by atoms with Crippen LogP contribution in [0.1, 0.15) is 15.9 Å². The molecule has 0 aliphatic carbocycles. The van der Waals surface area contributed by atoms with E-state index in [-0.39, 0.29) is 17.0 Å². The molecule has 17 heavy (non-hydrogen) atoms. The van der Waals surface area contributed by atoms with Crippen molar-refractivity contribution in [2.75, 3.05) is 25.2 Å². The minimum Gasteiger partial charge on any atom is -0.465 e. The molecule has 0 unspecified atom stereocenters. The van der Waals surface area contributed by atoms with Gasteiger partial charge in [-0.15, -0.1) is 0 Å². The van der Waals surface area contributed by atoms with E-state index >= 15 is 0 Å². The Morgan fingerprint density at radius 1 is 1.53 bits per heavy atom. The number of hydrogen-bond donors (Lipinski definition) is 3. The highest BCUT2D eigenvalue weighted by Gasteiger charge is 2.15. The standard InChI is InChI=1S/C11H12N4O2/c1-15-10-4-7(11(16)17-2)8(13)3-6(10)9(14)5-12/h3-4,14-15H,13H2,1-2H3. The molecule has 0 aliphatic rings. The van der Waals surface area contributed by atoms with E-state index in [0.717, 1.165) is 0 Å². The van der Waals surface area contributed by atoms with Gasteiger partial charge in [0.1, 0.15) is 11.8 Å². The average molecular weight is 232 g/mol. The summed E-state index contributed by atoms with van der Waals surface area (Å²) in [7, 11) is 2.88. The van der Waals surface area contributed by atoms with Crippen molar-refractivity contribution < 1.29 is 9.53 Å². The second-order valence-corrected chi connectivity index (χ2v) is 3.21. The van der Waals surface area contributed by atoms with Crippen LogP contribution in [0.5, 0.6) is 0 Å². The largest absolute Gasteiger partial charge is 0.465 e. The molecule has 0 saturated carbocycles. The maximum absolute atomic E-state index is 11.4. The normalized spacial score (nSPS) is 9.24. The Morgan fingerprint density at radius 2 is 2.18 bits per heavy atom. The van der Waals surface area contributed by atoms with Gasteiger partial charge < -0.3 is 15.8 Å². The number of methoxy groups -OCH3 is 1. The summed E-state index contributed by atoms with van der Waals surface area (Å²) in [6.07, 6.45) is 0. The number of esters is 1. The molecule has 0 radical (unpaired) electrons. The van der Waals surface area contributed by atoms with Crippen LogP contribution in [0.4, 0.5) is 11.4 Å². The van der Waals surface area contributed by atoms with Crippen molar-refractivity contribution in [2.24, 2.45) is 0 Å². The number of nitriles is 1. The molecule has 0 aromatic heterocycles. The summed E-state index contributed by atoms with van der Waals surface area (Å²) in [5, 5.41) is 19.0. The Kier molecular flexibility index (Phi) is 3.67. The monoisotopic (exact) mass is 232 g/mol. The molecule has 0 bridgehead atoms. The van der Waals surface area contributed by atoms with Crippen LogP contribution >= 0.6 is 0 Å². The Morgan fingerprint density at radius 3 is 2.65 bits per heavy atom. The van der Waals surface area contributed by atoms with Crippen molar-refractivity contribution in [1.82, 2.24) is 0 Å². The third-order valence-corrected chi connectivity index (χ3v) is 2.25. The number of carbonyl (C=O) groups excluding carboxylic acids is 1. The van der Waals surface area contributed by atoms with E-state index in [0.29, 0.717) is 11.3 Å². The highest BCUT2D eigenvalue weighted by Crippen LogP contribution is 2.24. The number of rotatable bonds is 3. The molecular formula is C11H12N4O2. The lowest BCUT2D eigenvalue weighted by molar-refractivity contribution is 0.0602. The third-order valence-electron chi connectivity index (χ3n) is 2.25. The zero-order valence-corrected chi connectivity index (χ0v) is 9.50. The first kappa shape index (κ1) is 12.5. The van der Waals surface area contributed by atoms with Gasteiger partial charge in [0.2, 0.25) is 0 Å². The summed E-state index contributed by atoms with van der Waals surface area (Å²) >= 11 is 0. The van der Waals surface area contributed by atoms with E-state index in [9.17, 15) is 4.79 Å². The molecule has 1 rings (SSSR count). The fourth-order valence-corrected chi connectivity index (χ4v) is 1.38. The molecule has 0 saturated heterocycles. The number of nitrogens with one attached hydrogen (secondary N) is 2. The van der Waals surface area contributed by atoms with Crippen LogP contribution < -0.4 is 11.1 Å². The van der Waals surface area contributed by atoms with Crippen LogP contribution in [0.25, 0.3) is 0 Å². The summed E-state index contributed by atoms with van der Waals surface area (Å²) in [5.41, 5.74) is 6.65. The Bertz CT molecular complexity index is 517. The SMILES string of the molecule is CNc1cc(C(=O)OC)c(N)cc1C(=N)C#N. The number of ether oxygens (including phenoxy) is 1. The predicted molar refractivity (Wildman–Crippen MR) is 64.2 cm³/mol. The number of carbonyl (C=O) groups is 1. The zero-order valence-electron chi connectivity index (χ0n) is 9.50. The van der Waals surface area contributed by atoms with Gasteiger partial charge in [0.05, 0.1) is 12.7 Å². The molecule has 0 amide bonds. The van der Waals surface area contributed by atoms with Gasteiger partial charge in [-0.25, -0.2) is 4.79 Å². The van der Waals surface area contributed by atoms with Crippen molar-refractivity contribution in [3.63, 3.8) is 0 Å².